The highest BCUT2D eigenvalue weighted by Gasteiger charge is 2.04. The van der Waals surface area contributed by atoms with Crippen molar-refractivity contribution in [3.05, 3.63) is 28.2 Å². The monoisotopic (exact) mass is 290 g/mol. The van der Waals surface area contributed by atoms with Gasteiger partial charge in [0.15, 0.2) is 0 Å². The topological polar surface area (TPSA) is 29.5 Å². The van der Waals surface area contributed by atoms with Crippen molar-refractivity contribution in [2.24, 2.45) is 0 Å². The molecule has 0 aliphatic carbocycles. The van der Waals surface area contributed by atoms with Gasteiger partial charge in [0.2, 0.25) is 0 Å². The predicted octanol–water partition coefficient (Wildman–Crippen LogP) is 4.71. The molecule has 0 heterocycles. The summed E-state index contributed by atoms with van der Waals surface area (Å²) < 4.78 is 5.59. The maximum atomic E-state index is 8.64. The summed E-state index contributed by atoms with van der Waals surface area (Å²) in [6.07, 6.45) is 6.54. The maximum absolute atomic E-state index is 8.64. The molecule has 1 aromatic carbocycles. The third kappa shape index (κ3) is 5.94. The Bertz CT molecular complexity index is 343. The van der Waals surface area contributed by atoms with E-state index in [1.54, 1.807) is 6.07 Å². The van der Waals surface area contributed by atoms with Gasteiger partial charge in [-0.05, 0) is 25.0 Å². The van der Waals surface area contributed by atoms with E-state index in [2.05, 4.69) is 0 Å². The average molecular weight is 291 g/mol. The quantitative estimate of drug-likeness (QED) is 0.668. The summed E-state index contributed by atoms with van der Waals surface area (Å²) in [7, 11) is 0. The molecule has 2 nitrogen and oxygen atoms in total. The van der Waals surface area contributed by atoms with Crippen LogP contribution < -0.4 is 4.74 Å². The van der Waals surface area contributed by atoms with Crippen LogP contribution in [0.4, 0.5) is 0 Å². The lowest BCUT2D eigenvalue weighted by Crippen LogP contribution is -1.98. The Balaban J connectivity index is 2.09. The first kappa shape index (κ1) is 15.6. The fourth-order valence-corrected chi connectivity index (χ4v) is 2.04. The van der Waals surface area contributed by atoms with Gasteiger partial charge in [-0.3, -0.25) is 0 Å². The normalized spacial score (nSPS) is 10.6. The number of rotatable bonds is 9. The highest BCUT2D eigenvalue weighted by molar-refractivity contribution is 6.42. The van der Waals surface area contributed by atoms with Gasteiger partial charge in [-0.15, -0.1) is 0 Å². The van der Waals surface area contributed by atoms with E-state index in [1.807, 2.05) is 12.1 Å². The van der Waals surface area contributed by atoms with Crippen LogP contribution in [0.1, 0.15) is 38.5 Å². The Hall–Kier alpha value is -0.440. The summed E-state index contributed by atoms with van der Waals surface area (Å²) in [5, 5.41) is 9.65. The van der Waals surface area contributed by atoms with Crippen LogP contribution in [0.5, 0.6) is 5.75 Å². The van der Waals surface area contributed by atoms with Crippen LogP contribution in [0.3, 0.4) is 0 Å². The summed E-state index contributed by atoms with van der Waals surface area (Å²) >= 11 is 11.9. The first-order valence-corrected chi connectivity index (χ1v) is 7.19. The fourth-order valence-electron chi connectivity index (χ4n) is 1.70. The second-order valence-electron chi connectivity index (χ2n) is 4.25. The van der Waals surface area contributed by atoms with Gasteiger partial charge >= 0.3 is 0 Å². The zero-order valence-corrected chi connectivity index (χ0v) is 12.0. The summed E-state index contributed by atoms with van der Waals surface area (Å²) in [5.41, 5.74) is 0. The molecular weight excluding hydrogens is 271 g/mol. The van der Waals surface area contributed by atoms with Crippen LogP contribution in [-0.2, 0) is 0 Å². The molecule has 0 bridgehead atoms. The number of hydrogen-bond acceptors (Lipinski definition) is 2. The minimum absolute atomic E-state index is 0.302. The number of benzene rings is 1. The molecule has 0 amide bonds. The molecule has 1 rings (SSSR count). The van der Waals surface area contributed by atoms with Crippen molar-refractivity contribution in [1.29, 1.82) is 0 Å². The highest BCUT2D eigenvalue weighted by Crippen LogP contribution is 2.31. The smallest absolute Gasteiger partial charge is 0.139 e. The molecule has 4 heteroatoms. The third-order valence-corrected chi connectivity index (χ3v) is 3.53. The van der Waals surface area contributed by atoms with Crippen LogP contribution in [0.15, 0.2) is 18.2 Å². The van der Waals surface area contributed by atoms with Gasteiger partial charge in [-0.25, -0.2) is 0 Å². The van der Waals surface area contributed by atoms with Crippen LogP contribution in [0.25, 0.3) is 0 Å². The molecule has 0 aromatic heterocycles. The van der Waals surface area contributed by atoms with E-state index >= 15 is 0 Å². The molecule has 0 radical (unpaired) electrons. The molecule has 0 spiro atoms. The highest BCUT2D eigenvalue weighted by atomic mass is 35.5. The van der Waals surface area contributed by atoms with Gasteiger partial charge in [0.1, 0.15) is 10.8 Å². The fraction of sp³-hybridized carbons (Fsp3) is 0.571. The van der Waals surface area contributed by atoms with E-state index in [0.29, 0.717) is 29.0 Å². The molecule has 0 saturated heterocycles. The molecule has 0 atom stereocenters. The number of halogens is 2. The average Bonchev–Trinajstić information content (AvgIpc) is 2.37. The van der Waals surface area contributed by atoms with E-state index in [0.717, 1.165) is 25.7 Å². The zero-order chi connectivity index (χ0) is 13.2. The van der Waals surface area contributed by atoms with Crippen LogP contribution >= 0.6 is 23.2 Å². The molecule has 102 valence electrons. The lowest BCUT2D eigenvalue weighted by atomic mass is 10.1. The molecule has 0 fully saturated rings. The van der Waals surface area contributed by atoms with Crippen molar-refractivity contribution < 1.29 is 9.84 Å². The van der Waals surface area contributed by atoms with Crippen molar-refractivity contribution in [2.75, 3.05) is 13.2 Å². The first-order chi connectivity index (χ1) is 8.75. The van der Waals surface area contributed by atoms with Crippen LogP contribution in [-0.4, -0.2) is 18.3 Å². The van der Waals surface area contributed by atoms with Crippen molar-refractivity contribution in [3.63, 3.8) is 0 Å². The van der Waals surface area contributed by atoms with Crippen molar-refractivity contribution in [3.8, 4) is 5.75 Å². The van der Waals surface area contributed by atoms with Gasteiger partial charge in [0, 0.05) is 6.61 Å². The number of hydrogen-bond donors (Lipinski definition) is 1. The van der Waals surface area contributed by atoms with Crippen molar-refractivity contribution in [1.82, 2.24) is 0 Å². The van der Waals surface area contributed by atoms with Crippen molar-refractivity contribution in [2.45, 2.75) is 38.5 Å². The third-order valence-electron chi connectivity index (χ3n) is 2.73. The lowest BCUT2D eigenvalue weighted by molar-refractivity contribution is 0.280. The van der Waals surface area contributed by atoms with E-state index in [9.17, 15) is 0 Å². The zero-order valence-electron chi connectivity index (χ0n) is 10.5. The summed E-state index contributed by atoms with van der Waals surface area (Å²) in [6.45, 7) is 0.969. The maximum Gasteiger partial charge on any atom is 0.139 e. The molecule has 0 unspecified atom stereocenters. The Morgan fingerprint density at radius 3 is 2.33 bits per heavy atom. The Labute approximate surface area is 119 Å². The number of aliphatic hydroxyl groups excluding tert-OH is 1. The second-order valence-corrected chi connectivity index (χ2v) is 5.03. The van der Waals surface area contributed by atoms with Crippen molar-refractivity contribution >= 4 is 23.2 Å². The Morgan fingerprint density at radius 1 is 0.944 bits per heavy atom. The Morgan fingerprint density at radius 2 is 1.61 bits per heavy atom. The minimum atomic E-state index is 0.302. The summed E-state index contributed by atoms with van der Waals surface area (Å²) in [6, 6.07) is 5.41. The van der Waals surface area contributed by atoms with E-state index in [-0.39, 0.29) is 0 Å². The second kappa shape index (κ2) is 9.48. The summed E-state index contributed by atoms with van der Waals surface area (Å²) in [4.78, 5) is 0. The van der Waals surface area contributed by atoms with E-state index < -0.39 is 0 Å². The van der Waals surface area contributed by atoms with E-state index in [4.69, 9.17) is 33.0 Å². The molecule has 0 aliphatic heterocycles. The van der Waals surface area contributed by atoms with Gasteiger partial charge in [0.25, 0.3) is 0 Å². The summed E-state index contributed by atoms with van der Waals surface area (Å²) in [5.74, 6) is 0.657. The number of unbranched alkanes of at least 4 members (excludes halogenated alkanes) is 5. The molecule has 1 aromatic rings. The largest absolute Gasteiger partial charge is 0.492 e. The number of ether oxygens (including phenoxy) is 1. The van der Waals surface area contributed by atoms with Gasteiger partial charge in [0.05, 0.1) is 11.6 Å². The van der Waals surface area contributed by atoms with E-state index in [1.165, 1.54) is 12.8 Å². The number of aliphatic hydroxyl groups is 1. The standard InChI is InChI=1S/C14H20Cl2O2/c15-12-8-7-9-13(14(12)16)18-11-6-4-2-1-3-5-10-17/h7-9,17H,1-6,10-11H2. The SMILES string of the molecule is OCCCCCCCCOc1cccc(Cl)c1Cl. The molecule has 0 aliphatic rings. The van der Waals surface area contributed by atoms with Gasteiger partial charge < -0.3 is 9.84 Å². The molecule has 18 heavy (non-hydrogen) atoms. The van der Waals surface area contributed by atoms with Gasteiger partial charge in [-0.1, -0.05) is 55.0 Å². The first-order valence-electron chi connectivity index (χ1n) is 6.43. The lowest BCUT2D eigenvalue weighted by Gasteiger charge is -2.08. The molecule has 0 saturated carbocycles. The van der Waals surface area contributed by atoms with Gasteiger partial charge in [-0.2, -0.15) is 0 Å². The minimum Gasteiger partial charge on any atom is -0.492 e. The predicted molar refractivity (Wildman–Crippen MR) is 76.7 cm³/mol. The Kier molecular flexibility index (Phi) is 8.23. The van der Waals surface area contributed by atoms with Crippen LogP contribution in [0, 0.1) is 0 Å². The van der Waals surface area contributed by atoms with Crippen LogP contribution in [0.2, 0.25) is 10.0 Å². The molecular formula is C14H20Cl2O2. The molecule has 1 N–H and O–H groups in total.